The van der Waals surface area contributed by atoms with E-state index in [9.17, 15) is 9.59 Å². The first-order valence-corrected chi connectivity index (χ1v) is 7.96. The summed E-state index contributed by atoms with van der Waals surface area (Å²) in [7, 11) is 0. The molecule has 0 spiro atoms. The average molecular weight is 324 g/mol. The molecule has 6 heteroatoms. The zero-order valence-corrected chi connectivity index (χ0v) is 13.5. The highest BCUT2D eigenvalue weighted by Crippen LogP contribution is 2.20. The van der Waals surface area contributed by atoms with Gasteiger partial charge in [0, 0.05) is 35.2 Å². The van der Waals surface area contributed by atoms with Crippen molar-refractivity contribution in [2.75, 3.05) is 23.7 Å². The van der Waals surface area contributed by atoms with Gasteiger partial charge in [0.05, 0.1) is 0 Å². The van der Waals surface area contributed by atoms with Gasteiger partial charge in [-0.3, -0.25) is 14.6 Å². The number of carbonyl (C=O) groups is 2. The van der Waals surface area contributed by atoms with Crippen LogP contribution in [0.25, 0.3) is 0 Å². The molecule has 1 atom stereocenters. The first-order valence-electron chi connectivity index (χ1n) is 7.96. The normalized spacial score (nSPS) is 15.2. The Balaban J connectivity index is 1.63. The SMILES string of the molecule is CC(C(=O)Nc1cccc(NC(=O)c2ccncc2)c1)C1CNC1. The number of hydrogen-bond acceptors (Lipinski definition) is 4. The molecule has 1 aliphatic heterocycles. The molecule has 2 aromatic rings. The minimum atomic E-state index is -0.213. The van der Waals surface area contributed by atoms with Gasteiger partial charge < -0.3 is 16.0 Å². The van der Waals surface area contributed by atoms with Crippen LogP contribution in [0.15, 0.2) is 48.8 Å². The molecule has 0 radical (unpaired) electrons. The smallest absolute Gasteiger partial charge is 0.255 e. The lowest BCUT2D eigenvalue weighted by Crippen LogP contribution is -2.48. The average Bonchev–Trinajstić information content (AvgIpc) is 2.54. The molecule has 1 aromatic heterocycles. The number of rotatable bonds is 5. The Kier molecular flexibility index (Phi) is 4.86. The lowest BCUT2D eigenvalue weighted by Gasteiger charge is -2.31. The largest absolute Gasteiger partial charge is 0.326 e. The Morgan fingerprint density at radius 3 is 2.42 bits per heavy atom. The summed E-state index contributed by atoms with van der Waals surface area (Å²) in [5.74, 6) is 0.134. The summed E-state index contributed by atoms with van der Waals surface area (Å²) >= 11 is 0. The minimum absolute atomic E-state index is 0.000824. The summed E-state index contributed by atoms with van der Waals surface area (Å²) in [6.45, 7) is 3.71. The second kappa shape index (κ2) is 7.23. The maximum Gasteiger partial charge on any atom is 0.255 e. The van der Waals surface area contributed by atoms with Gasteiger partial charge in [-0.25, -0.2) is 0 Å². The molecule has 124 valence electrons. The van der Waals surface area contributed by atoms with Crippen LogP contribution in [0.5, 0.6) is 0 Å². The summed E-state index contributed by atoms with van der Waals surface area (Å²) in [5.41, 5.74) is 1.84. The van der Waals surface area contributed by atoms with Gasteiger partial charge in [-0.2, -0.15) is 0 Å². The maximum atomic E-state index is 12.3. The van der Waals surface area contributed by atoms with E-state index in [1.165, 1.54) is 0 Å². The standard InChI is InChI=1S/C18H20N4O2/c1-12(14-10-20-11-14)17(23)21-15-3-2-4-16(9-15)22-18(24)13-5-7-19-8-6-13/h2-9,12,14,20H,10-11H2,1H3,(H,21,23)(H,22,24). The molecule has 0 aliphatic carbocycles. The van der Waals surface area contributed by atoms with E-state index < -0.39 is 0 Å². The van der Waals surface area contributed by atoms with Crippen LogP contribution in [0.1, 0.15) is 17.3 Å². The van der Waals surface area contributed by atoms with Crippen molar-refractivity contribution >= 4 is 23.2 Å². The fourth-order valence-corrected chi connectivity index (χ4v) is 2.52. The van der Waals surface area contributed by atoms with Crippen LogP contribution in [-0.4, -0.2) is 29.9 Å². The lowest BCUT2D eigenvalue weighted by molar-refractivity contribution is -0.121. The first kappa shape index (κ1) is 16.1. The van der Waals surface area contributed by atoms with Crippen molar-refractivity contribution in [1.82, 2.24) is 10.3 Å². The van der Waals surface area contributed by atoms with Crippen molar-refractivity contribution in [2.24, 2.45) is 11.8 Å². The Morgan fingerprint density at radius 2 is 1.79 bits per heavy atom. The number of benzene rings is 1. The molecule has 0 bridgehead atoms. The fourth-order valence-electron chi connectivity index (χ4n) is 2.52. The van der Waals surface area contributed by atoms with Crippen molar-refractivity contribution in [3.05, 3.63) is 54.4 Å². The second-order valence-electron chi connectivity index (χ2n) is 5.97. The molecule has 6 nitrogen and oxygen atoms in total. The zero-order chi connectivity index (χ0) is 16.9. The van der Waals surface area contributed by atoms with Crippen molar-refractivity contribution in [3.63, 3.8) is 0 Å². The molecule has 2 heterocycles. The van der Waals surface area contributed by atoms with E-state index in [0.717, 1.165) is 13.1 Å². The van der Waals surface area contributed by atoms with Gasteiger partial charge in [-0.15, -0.1) is 0 Å². The van der Waals surface area contributed by atoms with Crippen LogP contribution in [0.4, 0.5) is 11.4 Å². The third kappa shape index (κ3) is 3.78. The molecular formula is C18H20N4O2. The van der Waals surface area contributed by atoms with Crippen LogP contribution in [-0.2, 0) is 4.79 Å². The molecule has 2 amide bonds. The van der Waals surface area contributed by atoms with Crippen LogP contribution in [0.3, 0.4) is 0 Å². The summed E-state index contributed by atoms with van der Waals surface area (Å²) in [6, 6.07) is 10.4. The number of nitrogens with zero attached hydrogens (tertiary/aromatic N) is 1. The van der Waals surface area contributed by atoms with Crippen LogP contribution in [0.2, 0.25) is 0 Å². The molecule has 0 saturated carbocycles. The molecule has 3 rings (SSSR count). The van der Waals surface area contributed by atoms with Crippen molar-refractivity contribution in [2.45, 2.75) is 6.92 Å². The molecule has 1 aliphatic rings. The first-order chi connectivity index (χ1) is 11.6. The van der Waals surface area contributed by atoms with E-state index in [-0.39, 0.29) is 17.7 Å². The summed E-state index contributed by atoms with van der Waals surface area (Å²) in [6.07, 6.45) is 3.14. The topological polar surface area (TPSA) is 83.1 Å². The summed E-state index contributed by atoms with van der Waals surface area (Å²) in [4.78, 5) is 28.3. The molecule has 3 N–H and O–H groups in total. The number of aromatic nitrogens is 1. The molecule has 1 unspecified atom stereocenters. The number of carbonyl (C=O) groups excluding carboxylic acids is 2. The third-order valence-corrected chi connectivity index (χ3v) is 4.26. The lowest BCUT2D eigenvalue weighted by atomic mass is 9.88. The number of anilines is 2. The number of hydrogen-bond donors (Lipinski definition) is 3. The van der Waals surface area contributed by atoms with E-state index in [0.29, 0.717) is 22.9 Å². The maximum absolute atomic E-state index is 12.3. The summed E-state index contributed by atoms with van der Waals surface area (Å²) < 4.78 is 0. The van der Waals surface area contributed by atoms with Crippen LogP contribution < -0.4 is 16.0 Å². The zero-order valence-electron chi connectivity index (χ0n) is 13.5. The van der Waals surface area contributed by atoms with E-state index in [1.54, 1.807) is 42.7 Å². The monoisotopic (exact) mass is 324 g/mol. The molecule has 1 saturated heterocycles. The van der Waals surface area contributed by atoms with Crippen molar-refractivity contribution < 1.29 is 9.59 Å². The van der Waals surface area contributed by atoms with Crippen molar-refractivity contribution in [1.29, 1.82) is 0 Å². The van der Waals surface area contributed by atoms with Crippen LogP contribution in [0, 0.1) is 11.8 Å². The predicted molar refractivity (Wildman–Crippen MR) is 92.8 cm³/mol. The Morgan fingerprint density at radius 1 is 1.12 bits per heavy atom. The fraction of sp³-hybridized carbons (Fsp3) is 0.278. The number of pyridine rings is 1. The molecule has 24 heavy (non-hydrogen) atoms. The molecule has 1 aromatic carbocycles. The van der Waals surface area contributed by atoms with E-state index >= 15 is 0 Å². The van der Waals surface area contributed by atoms with Gasteiger partial charge in [0.1, 0.15) is 0 Å². The third-order valence-electron chi connectivity index (χ3n) is 4.26. The summed E-state index contributed by atoms with van der Waals surface area (Å²) in [5, 5.41) is 8.91. The van der Waals surface area contributed by atoms with Gasteiger partial charge in [-0.1, -0.05) is 13.0 Å². The van der Waals surface area contributed by atoms with Gasteiger partial charge in [0.2, 0.25) is 5.91 Å². The predicted octanol–water partition coefficient (Wildman–Crippen LogP) is 2.13. The van der Waals surface area contributed by atoms with E-state index in [4.69, 9.17) is 0 Å². The number of nitrogens with one attached hydrogen (secondary N) is 3. The highest BCUT2D eigenvalue weighted by molar-refractivity contribution is 6.04. The van der Waals surface area contributed by atoms with Gasteiger partial charge in [0.15, 0.2) is 0 Å². The van der Waals surface area contributed by atoms with Gasteiger partial charge in [0.25, 0.3) is 5.91 Å². The highest BCUT2D eigenvalue weighted by Gasteiger charge is 2.28. The Labute approximate surface area is 140 Å². The van der Waals surface area contributed by atoms with Gasteiger partial charge in [-0.05, 0) is 49.3 Å². The number of amides is 2. The second-order valence-corrected chi connectivity index (χ2v) is 5.97. The Bertz CT molecular complexity index is 729. The van der Waals surface area contributed by atoms with E-state index in [2.05, 4.69) is 20.9 Å². The van der Waals surface area contributed by atoms with Gasteiger partial charge >= 0.3 is 0 Å². The Hall–Kier alpha value is -2.73. The van der Waals surface area contributed by atoms with Crippen molar-refractivity contribution in [3.8, 4) is 0 Å². The van der Waals surface area contributed by atoms with E-state index in [1.807, 2.05) is 13.0 Å². The highest BCUT2D eigenvalue weighted by atomic mass is 16.2. The quantitative estimate of drug-likeness (QED) is 0.787. The van der Waals surface area contributed by atoms with Crippen LogP contribution >= 0.6 is 0 Å². The minimum Gasteiger partial charge on any atom is -0.326 e. The molecular weight excluding hydrogens is 304 g/mol. The molecule has 1 fully saturated rings.